The topological polar surface area (TPSA) is 95.9 Å². The fourth-order valence-corrected chi connectivity index (χ4v) is 2.68. The molecule has 6 heteroatoms. The number of hydrogen-bond donors (Lipinski definition) is 3. The molecule has 0 fully saturated rings. The number of rotatable bonds is 9. The van der Waals surface area contributed by atoms with E-state index < -0.39 is 18.1 Å². The molecule has 0 radical (unpaired) electrons. The van der Waals surface area contributed by atoms with E-state index in [1.165, 1.54) is 0 Å². The van der Waals surface area contributed by atoms with E-state index in [0.29, 0.717) is 0 Å². The summed E-state index contributed by atoms with van der Waals surface area (Å²) in [6.07, 6.45) is 1.98. The molecule has 6 nitrogen and oxygen atoms in total. The van der Waals surface area contributed by atoms with Gasteiger partial charge in [0, 0.05) is 6.42 Å². The predicted octanol–water partition coefficient (Wildman–Crippen LogP) is 3.66. The number of phenolic OH excluding ortho intramolecular Hbond substituents is 1. The fraction of sp³-hybridized carbons (Fsp3) is 0.333. The van der Waals surface area contributed by atoms with Gasteiger partial charge in [0.1, 0.15) is 18.4 Å². The number of carboxylic acid groups (broad SMARTS) is 1. The summed E-state index contributed by atoms with van der Waals surface area (Å²) in [5, 5.41) is 21.7. The molecule has 0 bridgehead atoms. The second-order valence-corrected chi connectivity index (χ2v) is 6.37. The minimum atomic E-state index is -1.14. The summed E-state index contributed by atoms with van der Waals surface area (Å²) in [7, 11) is 0. The summed E-state index contributed by atoms with van der Waals surface area (Å²) in [5.74, 6) is -0.941. The van der Waals surface area contributed by atoms with E-state index in [2.05, 4.69) is 12.2 Å². The number of aliphatic carboxylic acids is 1. The summed E-state index contributed by atoms with van der Waals surface area (Å²) in [6.45, 7) is 2.13. The average molecular weight is 371 g/mol. The number of hydrogen-bond acceptors (Lipinski definition) is 4. The van der Waals surface area contributed by atoms with Crippen LogP contribution in [0.5, 0.6) is 5.75 Å². The molecule has 1 atom stereocenters. The Hall–Kier alpha value is -3.02. The maximum absolute atomic E-state index is 11.9. The molecule has 0 unspecified atom stereocenters. The van der Waals surface area contributed by atoms with Crippen LogP contribution in [0.25, 0.3) is 0 Å². The lowest BCUT2D eigenvalue weighted by atomic mass is 10.00. The van der Waals surface area contributed by atoms with Gasteiger partial charge in [0.25, 0.3) is 0 Å². The number of nitrogens with one attached hydrogen (secondary N) is 1. The van der Waals surface area contributed by atoms with Crippen LogP contribution in [-0.2, 0) is 29.0 Å². The number of unbranched alkanes of at least 4 members (excludes halogenated alkanes) is 1. The van der Waals surface area contributed by atoms with Gasteiger partial charge in [0.05, 0.1) is 0 Å². The Labute approximate surface area is 158 Å². The van der Waals surface area contributed by atoms with Crippen molar-refractivity contribution in [2.45, 2.75) is 45.3 Å². The van der Waals surface area contributed by atoms with E-state index in [1.54, 1.807) is 18.2 Å². The molecule has 2 rings (SSSR count). The van der Waals surface area contributed by atoms with Crippen molar-refractivity contribution in [3.8, 4) is 5.75 Å². The number of aromatic hydroxyl groups is 1. The standard InChI is InChI=1S/C21H25NO5/c1-2-3-9-17-12-16(10-11-19(17)23)13-18(20(24)25)22-21(26)27-14-15-7-5-4-6-8-15/h4-8,10-12,18,23H,2-3,9,13-14H2,1H3,(H,22,26)(H,24,25)/t18-/m0/s1. The maximum atomic E-state index is 11.9. The number of carbonyl (C=O) groups is 2. The Morgan fingerprint density at radius 3 is 2.52 bits per heavy atom. The van der Waals surface area contributed by atoms with Crippen LogP contribution >= 0.6 is 0 Å². The summed E-state index contributed by atoms with van der Waals surface area (Å²) >= 11 is 0. The zero-order valence-corrected chi connectivity index (χ0v) is 15.4. The zero-order chi connectivity index (χ0) is 19.6. The Morgan fingerprint density at radius 2 is 1.85 bits per heavy atom. The average Bonchev–Trinajstić information content (AvgIpc) is 2.67. The highest BCUT2D eigenvalue weighted by molar-refractivity contribution is 5.80. The summed E-state index contributed by atoms with van der Waals surface area (Å²) < 4.78 is 5.09. The van der Waals surface area contributed by atoms with Crippen LogP contribution in [0.1, 0.15) is 36.5 Å². The van der Waals surface area contributed by atoms with Crippen molar-refractivity contribution in [1.29, 1.82) is 0 Å². The summed E-state index contributed by atoms with van der Waals surface area (Å²) in [6, 6.07) is 13.1. The second kappa shape index (κ2) is 10.2. The molecule has 2 aromatic carbocycles. The van der Waals surface area contributed by atoms with E-state index in [4.69, 9.17) is 4.74 Å². The van der Waals surface area contributed by atoms with Crippen LogP contribution < -0.4 is 5.32 Å². The van der Waals surface area contributed by atoms with Crippen molar-refractivity contribution in [2.75, 3.05) is 0 Å². The lowest BCUT2D eigenvalue weighted by molar-refractivity contribution is -0.139. The van der Waals surface area contributed by atoms with E-state index >= 15 is 0 Å². The van der Waals surface area contributed by atoms with Gasteiger partial charge in [-0.15, -0.1) is 0 Å². The number of alkyl carbamates (subject to hydrolysis) is 1. The monoisotopic (exact) mass is 371 g/mol. The normalized spacial score (nSPS) is 11.6. The van der Waals surface area contributed by atoms with Crippen LogP contribution in [0, 0.1) is 0 Å². The third-order valence-corrected chi connectivity index (χ3v) is 4.19. The number of aryl methyl sites for hydroxylation is 1. The highest BCUT2D eigenvalue weighted by Gasteiger charge is 2.21. The summed E-state index contributed by atoms with van der Waals surface area (Å²) in [4.78, 5) is 23.5. The van der Waals surface area contributed by atoms with Gasteiger partial charge >= 0.3 is 12.1 Å². The molecule has 27 heavy (non-hydrogen) atoms. The van der Waals surface area contributed by atoms with Gasteiger partial charge < -0.3 is 20.3 Å². The molecule has 0 aliphatic heterocycles. The maximum Gasteiger partial charge on any atom is 0.408 e. The minimum absolute atomic E-state index is 0.0688. The van der Waals surface area contributed by atoms with Gasteiger partial charge in [0.15, 0.2) is 0 Å². The van der Waals surface area contributed by atoms with Gasteiger partial charge in [-0.1, -0.05) is 55.8 Å². The van der Waals surface area contributed by atoms with Crippen molar-refractivity contribution >= 4 is 12.1 Å². The number of phenols is 1. The Balaban J connectivity index is 1.96. The van der Waals surface area contributed by atoms with Gasteiger partial charge in [-0.25, -0.2) is 9.59 Å². The van der Waals surface area contributed by atoms with Crippen LogP contribution in [-0.4, -0.2) is 28.3 Å². The SMILES string of the molecule is CCCCc1cc(C[C@H](NC(=O)OCc2ccccc2)C(=O)O)ccc1O. The van der Waals surface area contributed by atoms with Gasteiger partial charge in [-0.05, 0) is 35.6 Å². The summed E-state index contributed by atoms with van der Waals surface area (Å²) in [5.41, 5.74) is 2.33. The van der Waals surface area contributed by atoms with Crippen molar-refractivity contribution in [3.63, 3.8) is 0 Å². The Morgan fingerprint density at radius 1 is 1.11 bits per heavy atom. The number of ether oxygens (including phenoxy) is 1. The molecule has 0 aliphatic carbocycles. The van der Waals surface area contributed by atoms with Gasteiger partial charge in [0.2, 0.25) is 0 Å². The lowest BCUT2D eigenvalue weighted by Gasteiger charge is -2.16. The van der Waals surface area contributed by atoms with Crippen molar-refractivity contribution in [2.24, 2.45) is 0 Å². The van der Waals surface area contributed by atoms with Crippen molar-refractivity contribution in [1.82, 2.24) is 5.32 Å². The van der Waals surface area contributed by atoms with E-state index in [1.807, 2.05) is 30.3 Å². The van der Waals surface area contributed by atoms with Crippen LogP contribution in [0.2, 0.25) is 0 Å². The molecular formula is C21H25NO5. The smallest absolute Gasteiger partial charge is 0.408 e. The second-order valence-electron chi connectivity index (χ2n) is 6.37. The molecule has 0 spiro atoms. The molecular weight excluding hydrogens is 346 g/mol. The van der Waals surface area contributed by atoms with Gasteiger partial charge in [-0.3, -0.25) is 0 Å². The van der Waals surface area contributed by atoms with Gasteiger partial charge in [-0.2, -0.15) is 0 Å². The first-order valence-electron chi connectivity index (χ1n) is 9.00. The molecule has 144 valence electrons. The third kappa shape index (κ3) is 6.66. The molecule has 2 aromatic rings. The quantitative estimate of drug-likeness (QED) is 0.625. The van der Waals surface area contributed by atoms with E-state index in [-0.39, 0.29) is 18.8 Å². The molecule has 0 aliphatic rings. The molecule has 0 saturated carbocycles. The highest BCUT2D eigenvalue weighted by atomic mass is 16.5. The first kappa shape index (κ1) is 20.3. The number of benzene rings is 2. The first-order chi connectivity index (χ1) is 13.0. The third-order valence-electron chi connectivity index (χ3n) is 4.19. The number of carbonyl (C=O) groups excluding carboxylic acids is 1. The van der Waals surface area contributed by atoms with Crippen molar-refractivity contribution in [3.05, 3.63) is 65.2 Å². The van der Waals surface area contributed by atoms with E-state index in [0.717, 1.165) is 36.0 Å². The largest absolute Gasteiger partial charge is 0.508 e. The fourth-order valence-electron chi connectivity index (χ4n) is 2.68. The predicted molar refractivity (Wildman–Crippen MR) is 102 cm³/mol. The Bertz CT molecular complexity index is 760. The molecule has 0 aromatic heterocycles. The molecule has 3 N–H and O–H groups in total. The van der Waals surface area contributed by atoms with Crippen LogP contribution in [0.3, 0.4) is 0 Å². The Kier molecular flexibility index (Phi) is 7.67. The first-order valence-corrected chi connectivity index (χ1v) is 9.00. The zero-order valence-electron chi connectivity index (χ0n) is 15.4. The minimum Gasteiger partial charge on any atom is -0.508 e. The molecule has 1 amide bonds. The number of amides is 1. The number of carboxylic acids is 1. The van der Waals surface area contributed by atoms with Crippen LogP contribution in [0.15, 0.2) is 48.5 Å². The highest BCUT2D eigenvalue weighted by Crippen LogP contribution is 2.21. The molecule has 0 saturated heterocycles. The lowest BCUT2D eigenvalue weighted by Crippen LogP contribution is -2.42. The van der Waals surface area contributed by atoms with Crippen LogP contribution in [0.4, 0.5) is 4.79 Å². The van der Waals surface area contributed by atoms with E-state index in [9.17, 15) is 19.8 Å². The molecule has 0 heterocycles. The van der Waals surface area contributed by atoms with Crippen molar-refractivity contribution < 1.29 is 24.5 Å².